The maximum absolute atomic E-state index is 11.3. The van der Waals surface area contributed by atoms with Crippen LogP contribution < -0.4 is 5.32 Å². The van der Waals surface area contributed by atoms with E-state index in [0.29, 0.717) is 0 Å². The van der Waals surface area contributed by atoms with Crippen LogP contribution in [0.4, 0.5) is 5.69 Å². The summed E-state index contributed by atoms with van der Waals surface area (Å²) in [4.78, 5) is 15.3. The van der Waals surface area contributed by atoms with Crippen molar-refractivity contribution in [2.75, 3.05) is 19.0 Å². The lowest BCUT2D eigenvalue weighted by Crippen LogP contribution is -2.16. The Kier molecular flexibility index (Phi) is 4.04. The summed E-state index contributed by atoms with van der Waals surface area (Å²) < 4.78 is 4.75. The third kappa shape index (κ3) is 3.15. The van der Waals surface area contributed by atoms with E-state index >= 15 is 0 Å². The largest absolute Gasteiger partial charge is 0.375 e. The molecule has 1 aromatic heterocycles. The molecule has 1 N–H and O–H groups in total. The molecule has 0 atom stereocenters. The van der Waals surface area contributed by atoms with Gasteiger partial charge >= 0.3 is 0 Å². The first-order valence-corrected chi connectivity index (χ1v) is 5.59. The van der Waals surface area contributed by atoms with Gasteiger partial charge in [-0.25, -0.2) is 0 Å². The smallest absolute Gasteiger partial charge is 0.250 e. The number of carbonyl (C=O) groups is 1. The predicted octanol–water partition coefficient (Wildman–Crippen LogP) is 2.33. The van der Waals surface area contributed by atoms with Crippen molar-refractivity contribution in [3.05, 3.63) is 48.8 Å². The average molecular weight is 242 g/mol. The zero-order valence-corrected chi connectivity index (χ0v) is 10.1. The number of amides is 1. The second-order valence-electron chi connectivity index (χ2n) is 3.79. The van der Waals surface area contributed by atoms with Crippen molar-refractivity contribution in [2.45, 2.75) is 0 Å². The maximum Gasteiger partial charge on any atom is 0.250 e. The molecule has 0 spiro atoms. The number of nitrogens with one attached hydrogen (secondary N) is 1. The number of anilines is 1. The van der Waals surface area contributed by atoms with Gasteiger partial charge in [-0.15, -0.1) is 0 Å². The second-order valence-corrected chi connectivity index (χ2v) is 3.79. The summed E-state index contributed by atoms with van der Waals surface area (Å²) in [7, 11) is 1.49. The summed E-state index contributed by atoms with van der Waals surface area (Å²) in [6, 6.07) is 11.5. The van der Waals surface area contributed by atoms with Crippen LogP contribution in [-0.2, 0) is 9.53 Å². The third-order valence-electron chi connectivity index (χ3n) is 2.46. The third-order valence-corrected chi connectivity index (χ3v) is 2.46. The Morgan fingerprint density at radius 3 is 2.33 bits per heavy atom. The number of pyridine rings is 1. The molecule has 4 heteroatoms. The predicted molar refractivity (Wildman–Crippen MR) is 70.2 cm³/mol. The molecule has 1 aromatic carbocycles. The summed E-state index contributed by atoms with van der Waals surface area (Å²) in [6.07, 6.45) is 3.51. The Morgan fingerprint density at radius 1 is 1.11 bits per heavy atom. The van der Waals surface area contributed by atoms with Crippen LogP contribution in [0, 0.1) is 0 Å². The molecule has 18 heavy (non-hydrogen) atoms. The molecule has 1 heterocycles. The summed E-state index contributed by atoms with van der Waals surface area (Å²) >= 11 is 0. The number of methoxy groups -OCH3 is 1. The van der Waals surface area contributed by atoms with Crippen molar-refractivity contribution >= 4 is 11.6 Å². The highest BCUT2D eigenvalue weighted by atomic mass is 16.5. The Bertz CT molecular complexity index is 509. The first kappa shape index (κ1) is 12.3. The minimum Gasteiger partial charge on any atom is -0.375 e. The molecule has 0 fully saturated rings. The fourth-order valence-electron chi connectivity index (χ4n) is 1.62. The average Bonchev–Trinajstić information content (AvgIpc) is 2.41. The van der Waals surface area contributed by atoms with Crippen LogP contribution in [0.2, 0.25) is 0 Å². The van der Waals surface area contributed by atoms with E-state index in [-0.39, 0.29) is 12.5 Å². The van der Waals surface area contributed by atoms with Crippen molar-refractivity contribution in [2.24, 2.45) is 0 Å². The van der Waals surface area contributed by atoms with Gasteiger partial charge in [-0.2, -0.15) is 0 Å². The van der Waals surface area contributed by atoms with Gasteiger partial charge in [0, 0.05) is 25.2 Å². The van der Waals surface area contributed by atoms with E-state index in [1.165, 1.54) is 7.11 Å². The SMILES string of the molecule is COCC(=O)Nc1ccc(-c2ccncc2)cc1. The lowest BCUT2D eigenvalue weighted by molar-refractivity contribution is -0.119. The van der Waals surface area contributed by atoms with E-state index in [1.807, 2.05) is 36.4 Å². The quantitative estimate of drug-likeness (QED) is 0.895. The molecule has 0 radical (unpaired) electrons. The van der Waals surface area contributed by atoms with Crippen LogP contribution in [0.15, 0.2) is 48.8 Å². The Hall–Kier alpha value is -2.20. The van der Waals surface area contributed by atoms with Gasteiger partial charge in [0.15, 0.2) is 0 Å². The van der Waals surface area contributed by atoms with Crippen molar-refractivity contribution in [3.63, 3.8) is 0 Å². The highest BCUT2D eigenvalue weighted by Gasteiger charge is 2.01. The molecular weight excluding hydrogens is 228 g/mol. The van der Waals surface area contributed by atoms with Gasteiger partial charge in [0.1, 0.15) is 6.61 Å². The number of rotatable bonds is 4. The van der Waals surface area contributed by atoms with E-state index in [0.717, 1.165) is 16.8 Å². The van der Waals surface area contributed by atoms with Gasteiger partial charge in [0.25, 0.3) is 0 Å². The van der Waals surface area contributed by atoms with Gasteiger partial charge < -0.3 is 10.1 Å². The van der Waals surface area contributed by atoms with E-state index in [4.69, 9.17) is 4.74 Å². The fourth-order valence-corrected chi connectivity index (χ4v) is 1.62. The molecule has 2 rings (SSSR count). The zero-order chi connectivity index (χ0) is 12.8. The summed E-state index contributed by atoms with van der Waals surface area (Å²) in [5.41, 5.74) is 2.94. The second kappa shape index (κ2) is 5.93. The molecule has 0 saturated carbocycles. The van der Waals surface area contributed by atoms with Gasteiger partial charge in [-0.3, -0.25) is 9.78 Å². The number of hydrogen-bond donors (Lipinski definition) is 1. The molecule has 1 amide bonds. The summed E-state index contributed by atoms with van der Waals surface area (Å²) in [6.45, 7) is 0.0616. The molecule has 0 aliphatic heterocycles. The number of ether oxygens (including phenoxy) is 1. The Labute approximate surface area is 106 Å². The van der Waals surface area contributed by atoms with Gasteiger partial charge in [0.05, 0.1) is 0 Å². The van der Waals surface area contributed by atoms with E-state index in [9.17, 15) is 4.79 Å². The lowest BCUT2D eigenvalue weighted by atomic mass is 10.1. The first-order chi connectivity index (χ1) is 8.79. The van der Waals surface area contributed by atoms with Gasteiger partial charge in [0.2, 0.25) is 5.91 Å². The number of benzene rings is 1. The van der Waals surface area contributed by atoms with Crippen LogP contribution >= 0.6 is 0 Å². The molecule has 0 aliphatic rings. The van der Waals surface area contributed by atoms with Gasteiger partial charge in [-0.05, 0) is 35.4 Å². The molecule has 0 unspecified atom stereocenters. The van der Waals surface area contributed by atoms with Crippen LogP contribution in [0.5, 0.6) is 0 Å². The van der Waals surface area contributed by atoms with Crippen LogP contribution in [0.3, 0.4) is 0 Å². The van der Waals surface area contributed by atoms with Crippen molar-refractivity contribution in [1.29, 1.82) is 0 Å². The van der Waals surface area contributed by atoms with Gasteiger partial charge in [-0.1, -0.05) is 12.1 Å². The normalized spacial score (nSPS) is 10.1. The molecular formula is C14H14N2O2. The Morgan fingerprint density at radius 2 is 1.72 bits per heavy atom. The fraction of sp³-hybridized carbons (Fsp3) is 0.143. The topological polar surface area (TPSA) is 51.2 Å². The van der Waals surface area contributed by atoms with E-state index < -0.39 is 0 Å². The summed E-state index contributed by atoms with van der Waals surface area (Å²) in [5, 5.41) is 2.75. The van der Waals surface area contributed by atoms with Crippen LogP contribution in [-0.4, -0.2) is 24.6 Å². The molecule has 0 saturated heterocycles. The van der Waals surface area contributed by atoms with E-state index in [2.05, 4.69) is 10.3 Å². The number of aromatic nitrogens is 1. The standard InChI is InChI=1S/C14H14N2O2/c1-18-10-14(17)16-13-4-2-11(3-5-13)12-6-8-15-9-7-12/h2-9H,10H2,1H3,(H,16,17). The number of carbonyl (C=O) groups excluding carboxylic acids is 1. The first-order valence-electron chi connectivity index (χ1n) is 5.59. The van der Waals surface area contributed by atoms with Crippen molar-refractivity contribution in [1.82, 2.24) is 4.98 Å². The molecule has 4 nitrogen and oxygen atoms in total. The number of hydrogen-bond acceptors (Lipinski definition) is 3. The Balaban J connectivity index is 2.09. The highest BCUT2D eigenvalue weighted by Crippen LogP contribution is 2.20. The minimum atomic E-state index is -0.158. The molecule has 0 bridgehead atoms. The monoisotopic (exact) mass is 242 g/mol. The summed E-state index contributed by atoms with van der Waals surface area (Å²) in [5.74, 6) is -0.158. The van der Waals surface area contributed by atoms with Crippen molar-refractivity contribution < 1.29 is 9.53 Å². The lowest BCUT2D eigenvalue weighted by Gasteiger charge is -2.06. The highest BCUT2D eigenvalue weighted by molar-refractivity contribution is 5.91. The molecule has 2 aromatic rings. The number of nitrogens with zero attached hydrogens (tertiary/aromatic N) is 1. The van der Waals surface area contributed by atoms with Crippen molar-refractivity contribution in [3.8, 4) is 11.1 Å². The zero-order valence-electron chi connectivity index (χ0n) is 10.1. The maximum atomic E-state index is 11.3. The van der Waals surface area contributed by atoms with Crippen LogP contribution in [0.25, 0.3) is 11.1 Å². The molecule has 92 valence electrons. The van der Waals surface area contributed by atoms with Crippen LogP contribution in [0.1, 0.15) is 0 Å². The van der Waals surface area contributed by atoms with E-state index in [1.54, 1.807) is 12.4 Å². The molecule has 0 aliphatic carbocycles. The minimum absolute atomic E-state index is 0.0616.